The molecule has 0 aliphatic carbocycles. The molecular weight excluding hydrogens is 196 g/mol. The zero-order chi connectivity index (χ0) is 12.0. The predicted octanol–water partition coefficient (Wildman–Crippen LogP) is 0.211. The molecule has 5 heteroatoms. The number of amides is 1. The van der Waals surface area contributed by atoms with Gasteiger partial charge in [0.05, 0.1) is 12.5 Å². The number of carboxylic acids is 1. The lowest BCUT2D eigenvalue weighted by atomic mass is 10.1. The van der Waals surface area contributed by atoms with Crippen LogP contribution < -0.4 is 5.73 Å². The lowest BCUT2D eigenvalue weighted by molar-refractivity contribution is -0.142. The van der Waals surface area contributed by atoms with Crippen LogP contribution in [0.2, 0.25) is 0 Å². The summed E-state index contributed by atoms with van der Waals surface area (Å²) in [5.41, 5.74) is 5.48. The van der Waals surface area contributed by atoms with Gasteiger partial charge in [-0.3, -0.25) is 9.59 Å². The summed E-state index contributed by atoms with van der Waals surface area (Å²) in [6, 6.07) is -1.000. The molecule has 0 aliphatic heterocycles. The number of carbonyl (C=O) groups excluding carboxylic acids is 1. The summed E-state index contributed by atoms with van der Waals surface area (Å²) >= 11 is 0. The van der Waals surface area contributed by atoms with Crippen LogP contribution in [0.3, 0.4) is 0 Å². The van der Waals surface area contributed by atoms with Crippen LogP contribution in [0.15, 0.2) is 12.7 Å². The van der Waals surface area contributed by atoms with Crippen molar-refractivity contribution in [2.24, 2.45) is 5.73 Å². The van der Waals surface area contributed by atoms with Crippen LogP contribution in [0.25, 0.3) is 0 Å². The van der Waals surface area contributed by atoms with Crippen LogP contribution in [0.4, 0.5) is 0 Å². The monoisotopic (exact) mass is 214 g/mol. The fraction of sp³-hybridized carbons (Fsp3) is 0.600. The van der Waals surface area contributed by atoms with Crippen LogP contribution in [0.5, 0.6) is 0 Å². The van der Waals surface area contributed by atoms with Gasteiger partial charge in [0.2, 0.25) is 5.91 Å². The minimum atomic E-state index is -1.07. The Labute approximate surface area is 89.6 Å². The third-order valence-corrected chi connectivity index (χ3v) is 1.94. The van der Waals surface area contributed by atoms with Gasteiger partial charge < -0.3 is 15.7 Å². The normalized spacial score (nSPS) is 12.3. The van der Waals surface area contributed by atoms with E-state index >= 15 is 0 Å². The maximum Gasteiger partial charge on any atom is 0.305 e. The average Bonchev–Trinajstić information content (AvgIpc) is 2.11. The fourth-order valence-electron chi connectivity index (χ4n) is 1.18. The van der Waals surface area contributed by atoms with Crippen LogP contribution in [0.1, 0.15) is 20.3 Å². The summed E-state index contributed by atoms with van der Waals surface area (Å²) in [6.45, 7) is 7.60. The summed E-state index contributed by atoms with van der Waals surface area (Å²) in [5.74, 6) is -1.43. The van der Waals surface area contributed by atoms with Crippen molar-refractivity contribution < 1.29 is 14.7 Å². The van der Waals surface area contributed by atoms with Gasteiger partial charge in [-0.15, -0.1) is 6.58 Å². The largest absolute Gasteiger partial charge is 0.481 e. The average molecular weight is 214 g/mol. The molecule has 0 aromatic carbocycles. The highest BCUT2D eigenvalue weighted by Gasteiger charge is 2.23. The van der Waals surface area contributed by atoms with Crippen LogP contribution >= 0.6 is 0 Å². The van der Waals surface area contributed by atoms with Crippen LogP contribution in [-0.2, 0) is 9.59 Å². The maximum absolute atomic E-state index is 11.7. The minimum absolute atomic E-state index is 0.0182. The van der Waals surface area contributed by atoms with Gasteiger partial charge in [0.25, 0.3) is 0 Å². The Kier molecular flexibility index (Phi) is 5.62. The third-order valence-electron chi connectivity index (χ3n) is 1.94. The molecule has 3 N–H and O–H groups in total. The highest BCUT2D eigenvalue weighted by molar-refractivity contribution is 5.86. The second kappa shape index (κ2) is 6.19. The molecule has 0 rings (SSSR count). The van der Waals surface area contributed by atoms with Crippen molar-refractivity contribution in [1.29, 1.82) is 0 Å². The Bertz CT molecular complexity index is 251. The summed E-state index contributed by atoms with van der Waals surface area (Å²) < 4.78 is 0. The summed E-state index contributed by atoms with van der Waals surface area (Å²) in [4.78, 5) is 23.6. The molecule has 0 saturated carbocycles. The van der Waals surface area contributed by atoms with Crippen LogP contribution in [0, 0.1) is 0 Å². The van der Waals surface area contributed by atoms with E-state index in [-0.39, 0.29) is 18.4 Å². The summed E-state index contributed by atoms with van der Waals surface area (Å²) in [6.07, 6.45) is 1.24. The second-order valence-electron chi connectivity index (χ2n) is 3.58. The van der Waals surface area contributed by atoms with Crippen molar-refractivity contribution in [1.82, 2.24) is 4.90 Å². The molecule has 86 valence electrons. The molecule has 0 saturated heterocycles. The van der Waals surface area contributed by atoms with Gasteiger partial charge in [-0.2, -0.15) is 0 Å². The number of rotatable bonds is 6. The highest BCUT2D eigenvalue weighted by atomic mass is 16.4. The molecule has 0 radical (unpaired) electrons. The molecule has 1 amide bonds. The van der Waals surface area contributed by atoms with E-state index in [1.165, 1.54) is 4.90 Å². The molecule has 0 bridgehead atoms. The quantitative estimate of drug-likeness (QED) is 0.619. The van der Waals surface area contributed by atoms with E-state index in [2.05, 4.69) is 6.58 Å². The van der Waals surface area contributed by atoms with Gasteiger partial charge in [-0.25, -0.2) is 0 Å². The number of aliphatic carboxylic acids is 1. The summed E-state index contributed by atoms with van der Waals surface area (Å²) in [7, 11) is 0. The van der Waals surface area contributed by atoms with E-state index in [1.807, 2.05) is 13.8 Å². The van der Waals surface area contributed by atoms with Gasteiger partial charge in [0, 0.05) is 12.6 Å². The molecule has 0 aromatic heterocycles. The van der Waals surface area contributed by atoms with Crippen LogP contribution in [-0.4, -0.2) is 40.5 Å². The van der Waals surface area contributed by atoms with E-state index in [0.717, 1.165) is 0 Å². The smallest absolute Gasteiger partial charge is 0.305 e. The van der Waals surface area contributed by atoms with Crippen molar-refractivity contribution in [2.75, 3.05) is 6.54 Å². The predicted molar refractivity (Wildman–Crippen MR) is 57.3 cm³/mol. The Morgan fingerprint density at radius 1 is 1.53 bits per heavy atom. The second-order valence-corrected chi connectivity index (χ2v) is 3.58. The molecule has 1 atom stereocenters. The van der Waals surface area contributed by atoms with Gasteiger partial charge in [0.1, 0.15) is 0 Å². The van der Waals surface area contributed by atoms with Crippen molar-refractivity contribution in [3.63, 3.8) is 0 Å². The van der Waals surface area contributed by atoms with E-state index < -0.39 is 12.0 Å². The Morgan fingerprint density at radius 3 is 2.40 bits per heavy atom. The van der Waals surface area contributed by atoms with Gasteiger partial charge >= 0.3 is 5.97 Å². The fourth-order valence-corrected chi connectivity index (χ4v) is 1.18. The first-order chi connectivity index (χ1) is 6.90. The Hall–Kier alpha value is -1.36. The first-order valence-corrected chi connectivity index (χ1v) is 4.78. The van der Waals surface area contributed by atoms with Crippen molar-refractivity contribution in [3.8, 4) is 0 Å². The first-order valence-electron chi connectivity index (χ1n) is 4.78. The van der Waals surface area contributed by atoms with E-state index in [0.29, 0.717) is 6.54 Å². The lowest BCUT2D eigenvalue weighted by Gasteiger charge is -2.27. The number of carboxylic acid groups (broad SMARTS) is 1. The standard InChI is InChI=1S/C10H18N2O3/c1-4-5-12(7(2)3)10(15)8(11)6-9(13)14/h4,7-8H,1,5-6,11H2,2-3H3,(H,13,14). The van der Waals surface area contributed by atoms with Gasteiger partial charge in [-0.05, 0) is 13.8 Å². The zero-order valence-electron chi connectivity index (χ0n) is 9.14. The SMILES string of the molecule is C=CCN(C(=O)C(N)CC(=O)O)C(C)C. The number of hydrogen-bond donors (Lipinski definition) is 2. The van der Waals surface area contributed by atoms with Crippen molar-refractivity contribution >= 4 is 11.9 Å². The number of carbonyl (C=O) groups is 2. The molecular formula is C10H18N2O3. The van der Waals surface area contributed by atoms with Crippen molar-refractivity contribution in [2.45, 2.75) is 32.4 Å². The van der Waals surface area contributed by atoms with Crippen molar-refractivity contribution in [3.05, 3.63) is 12.7 Å². The van der Waals surface area contributed by atoms with E-state index in [1.54, 1.807) is 6.08 Å². The Morgan fingerprint density at radius 2 is 2.07 bits per heavy atom. The Balaban J connectivity index is 4.48. The topological polar surface area (TPSA) is 83.6 Å². The molecule has 0 spiro atoms. The third kappa shape index (κ3) is 4.60. The van der Waals surface area contributed by atoms with E-state index in [9.17, 15) is 9.59 Å². The first kappa shape index (κ1) is 13.6. The molecule has 15 heavy (non-hydrogen) atoms. The van der Waals surface area contributed by atoms with Gasteiger partial charge in [0.15, 0.2) is 0 Å². The zero-order valence-corrected chi connectivity index (χ0v) is 9.14. The lowest BCUT2D eigenvalue weighted by Crippen LogP contribution is -2.47. The van der Waals surface area contributed by atoms with Gasteiger partial charge in [-0.1, -0.05) is 6.08 Å². The molecule has 5 nitrogen and oxygen atoms in total. The molecule has 0 heterocycles. The number of hydrogen-bond acceptors (Lipinski definition) is 3. The molecule has 0 aliphatic rings. The highest BCUT2D eigenvalue weighted by Crippen LogP contribution is 2.03. The minimum Gasteiger partial charge on any atom is -0.481 e. The molecule has 0 aromatic rings. The summed E-state index contributed by atoms with van der Waals surface area (Å²) in [5, 5.41) is 8.51. The maximum atomic E-state index is 11.7. The van der Waals surface area contributed by atoms with E-state index in [4.69, 9.17) is 10.8 Å². The molecule has 1 unspecified atom stereocenters. The molecule has 0 fully saturated rings. The number of nitrogens with zero attached hydrogens (tertiary/aromatic N) is 1. The number of nitrogens with two attached hydrogens (primary N) is 1.